The fraction of sp³-hybridized carbons (Fsp3) is 0.211. The number of pyridine rings is 1. The van der Waals surface area contributed by atoms with Gasteiger partial charge in [-0.3, -0.25) is 19.4 Å². The average molecular weight is 398 g/mol. The average Bonchev–Trinajstić information content (AvgIpc) is 2.72. The number of hydrazone groups is 1. The van der Waals surface area contributed by atoms with E-state index >= 15 is 0 Å². The number of nitrogens with two attached hydrogens (primary N) is 1. The fourth-order valence-corrected chi connectivity index (χ4v) is 2.56. The van der Waals surface area contributed by atoms with Crippen molar-refractivity contribution in [3.05, 3.63) is 65.5 Å². The van der Waals surface area contributed by atoms with Crippen molar-refractivity contribution in [3.8, 4) is 0 Å². The monoisotopic (exact) mass is 398 g/mol. The Bertz CT molecular complexity index is 872. The van der Waals surface area contributed by atoms with Gasteiger partial charge in [-0.05, 0) is 29.3 Å². The maximum atomic E-state index is 12.3. The molecule has 1 heterocycles. The number of amides is 2. The number of carbonyl (C=O) groups excluding carboxylic acids is 2. The highest BCUT2D eigenvalue weighted by Crippen LogP contribution is 2.15. The van der Waals surface area contributed by atoms with Gasteiger partial charge in [-0.1, -0.05) is 18.2 Å². The molecular formula is C19H22N6O4. The highest BCUT2D eigenvalue weighted by Gasteiger charge is 2.18. The minimum absolute atomic E-state index is 0.294. The zero-order chi connectivity index (χ0) is 21.1. The number of hydrogen-bond donors (Lipinski definition) is 5. The van der Waals surface area contributed by atoms with Crippen LogP contribution in [-0.2, 0) is 16.1 Å². The normalized spacial score (nSPS) is 11.6. The van der Waals surface area contributed by atoms with Crippen LogP contribution in [-0.4, -0.2) is 40.8 Å². The van der Waals surface area contributed by atoms with Gasteiger partial charge in [0.2, 0.25) is 5.91 Å². The molecule has 1 aromatic carbocycles. The molecule has 0 fully saturated rings. The first-order valence-corrected chi connectivity index (χ1v) is 8.73. The fourth-order valence-electron chi connectivity index (χ4n) is 2.56. The number of benzene rings is 1. The lowest BCUT2D eigenvalue weighted by molar-refractivity contribution is -0.137. The molecule has 29 heavy (non-hydrogen) atoms. The number of nitrogens with zero attached hydrogens (tertiary/aromatic N) is 2. The Kier molecular flexibility index (Phi) is 8.11. The minimum Gasteiger partial charge on any atom is -0.481 e. The third-order valence-corrected chi connectivity index (χ3v) is 3.87. The number of carboxylic acids is 1. The van der Waals surface area contributed by atoms with Crippen LogP contribution in [0.3, 0.4) is 0 Å². The topological polar surface area (TPSA) is 159 Å². The lowest BCUT2D eigenvalue weighted by Crippen LogP contribution is -2.39. The SMILES string of the molecule is NN=CNCc1cccc(C(=O)NCC(=O)NC(CC(=O)O)c2cccnc2)c1. The van der Waals surface area contributed by atoms with Crippen LogP contribution in [0, 0.1) is 0 Å². The second kappa shape index (κ2) is 11.0. The maximum Gasteiger partial charge on any atom is 0.305 e. The van der Waals surface area contributed by atoms with Crippen molar-refractivity contribution in [2.45, 2.75) is 19.0 Å². The lowest BCUT2D eigenvalue weighted by Gasteiger charge is -2.17. The Morgan fingerprint density at radius 2 is 2.07 bits per heavy atom. The van der Waals surface area contributed by atoms with Crippen molar-refractivity contribution in [2.24, 2.45) is 10.9 Å². The molecule has 6 N–H and O–H groups in total. The summed E-state index contributed by atoms with van der Waals surface area (Å²) in [5.41, 5.74) is 1.78. The first kappa shape index (κ1) is 21.4. The van der Waals surface area contributed by atoms with Crippen molar-refractivity contribution in [2.75, 3.05) is 6.54 Å². The second-order valence-electron chi connectivity index (χ2n) is 6.05. The van der Waals surface area contributed by atoms with Crippen LogP contribution in [0.5, 0.6) is 0 Å². The Balaban J connectivity index is 1.92. The number of nitrogens with one attached hydrogen (secondary N) is 3. The van der Waals surface area contributed by atoms with Crippen LogP contribution in [0.2, 0.25) is 0 Å². The molecule has 0 spiro atoms. The van der Waals surface area contributed by atoms with E-state index in [1.54, 1.807) is 36.5 Å². The van der Waals surface area contributed by atoms with Gasteiger partial charge in [0.05, 0.1) is 19.0 Å². The van der Waals surface area contributed by atoms with Crippen molar-refractivity contribution >= 4 is 24.1 Å². The molecule has 0 saturated heterocycles. The van der Waals surface area contributed by atoms with E-state index in [0.29, 0.717) is 17.7 Å². The Hall–Kier alpha value is -3.95. The summed E-state index contributed by atoms with van der Waals surface area (Å²) in [6.07, 6.45) is 4.08. The smallest absolute Gasteiger partial charge is 0.305 e. The summed E-state index contributed by atoms with van der Waals surface area (Å²) in [6, 6.07) is 9.42. The van der Waals surface area contributed by atoms with Crippen molar-refractivity contribution in [1.29, 1.82) is 0 Å². The number of carboxylic acid groups (broad SMARTS) is 1. The number of hydrogen-bond acceptors (Lipinski definition) is 6. The zero-order valence-electron chi connectivity index (χ0n) is 15.5. The van der Waals surface area contributed by atoms with E-state index in [4.69, 9.17) is 10.9 Å². The molecule has 152 valence electrons. The van der Waals surface area contributed by atoms with Gasteiger partial charge < -0.3 is 26.9 Å². The zero-order valence-corrected chi connectivity index (χ0v) is 15.5. The summed E-state index contributed by atoms with van der Waals surface area (Å²) in [5, 5.41) is 20.4. The molecule has 1 aromatic heterocycles. The van der Waals surface area contributed by atoms with Gasteiger partial charge >= 0.3 is 5.97 Å². The van der Waals surface area contributed by atoms with E-state index in [9.17, 15) is 14.4 Å². The van der Waals surface area contributed by atoms with Crippen LogP contribution in [0.15, 0.2) is 53.9 Å². The molecule has 0 saturated carbocycles. The number of aliphatic carboxylic acids is 1. The van der Waals surface area contributed by atoms with Crippen LogP contribution < -0.4 is 21.8 Å². The van der Waals surface area contributed by atoms with Gasteiger partial charge in [-0.2, -0.15) is 5.10 Å². The second-order valence-corrected chi connectivity index (χ2v) is 6.05. The number of rotatable bonds is 10. The van der Waals surface area contributed by atoms with Gasteiger partial charge in [-0.25, -0.2) is 0 Å². The van der Waals surface area contributed by atoms with E-state index in [2.05, 4.69) is 26.0 Å². The standard InChI is InChI=1S/C19H22N6O4/c20-24-12-22-9-13-3-1-4-14(7-13)19(29)23-11-17(26)25-16(8-18(27)28)15-5-2-6-21-10-15/h1-7,10,12,16H,8-9,11,20H2,(H,22,24)(H,23,29)(H,25,26)(H,27,28). The van der Waals surface area contributed by atoms with Crippen molar-refractivity contribution in [1.82, 2.24) is 20.9 Å². The lowest BCUT2D eigenvalue weighted by atomic mass is 10.1. The molecule has 0 radical (unpaired) electrons. The molecule has 2 aromatic rings. The summed E-state index contributed by atoms with van der Waals surface area (Å²) in [6.45, 7) is 0.141. The maximum absolute atomic E-state index is 12.3. The summed E-state index contributed by atoms with van der Waals surface area (Å²) >= 11 is 0. The molecule has 10 nitrogen and oxygen atoms in total. The van der Waals surface area contributed by atoms with Gasteiger partial charge in [0.1, 0.15) is 6.34 Å². The van der Waals surface area contributed by atoms with Gasteiger partial charge in [0.25, 0.3) is 5.91 Å². The molecule has 1 unspecified atom stereocenters. The predicted molar refractivity (Wildman–Crippen MR) is 106 cm³/mol. The third-order valence-electron chi connectivity index (χ3n) is 3.87. The van der Waals surface area contributed by atoms with E-state index in [1.165, 1.54) is 12.5 Å². The van der Waals surface area contributed by atoms with E-state index in [1.807, 2.05) is 6.07 Å². The summed E-state index contributed by atoms with van der Waals surface area (Å²) in [4.78, 5) is 39.5. The molecular weight excluding hydrogens is 376 g/mol. The first-order chi connectivity index (χ1) is 14.0. The summed E-state index contributed by atoms with van der Waals surface area (Å²) < 4.78 is 0. The summed E-state index contributed by atoms with van der Waals surface area (Å²) in [5.74, 6) is 3.01. The highest BCUT2D eigenvalue weighted by molar-refractivity contribution is 5.96. The summed E-state index contributed by atoms with van der Waals surface area (Å²) in [7, 11) is 0. The van der Waals surface area contributed by atoms with E-state index in [0.717, 1.165) is 5.56 Å². The van der Waals surface area contributed by atoms with Crippen LogP contribution in [0.4, 0.5) is 0 Å². The van der Waals surface area contributed by atoms with Gasteiger partial charge in [-0.15, -0.1) is 0 Å². The Labute approximate surface area is 167 Å². The molecule has 2 rings (SSSR count). The van der Waals surface area contributed by atoms with Gasteiger partial charge in [0, 0.05) is 24.5 Å². The minimum atomic E-state index is -1.06. The quantitative estimate of drug-likeness (QED) is 0.165. The third kappa shape index (κ3) is 7.29. The molecule has 0 bridgehead atoms. The Morgan fingerprint density at radius 3 is 2.76 bits per heavy atom. The molecule has 0 aliphatic heterocycles. The van der Waals surface area contributed by atoms with Crippen LogP contribution >= 0.6 is 0 Å². The van der Waals surface area contributed by atoms with E-state index in [-0.39, 0.29) is 13.0 Å². The molecule has 1 atom stereocenters. The largest absolute Gasteiger partial charge is 0.481 e. The van der Waals surface area contributed by atoms with Crippen LogP contribution in [0.25, 0.3) is 0 Å². The highest BCUT2D eigenvalue weighted by atomic mass is 16.4. The number of aromatic nitrogens is 1. The predicted octanol–water partition coefficient (Wildman–Crippen LogP) is 0.135. The molecule has 0 aliphatic rings. The first-order valence-electron chi connectivity index (χ1n) is 8.73. The van der Waals surface area contributed by atoms with Gasteiger partial charge in [0.15, 0.2) is 0 Å². The molecule has 2 amide bonds. The van der Waals surface area contributed by atoms with E-state index < -0.39 is 23.8 Å². The van der Waals surface area contributed by atoms with Crippen LogP contribution in [0.1, 0.15) is 33.9 Å². The molecule has 10 heteroatoms. The Morgan fingerprint density at radius 1 is 1.24 bits per heavy atom. The van der Waals surface area contributed by atoms with Crippen molar-refractivity contribution < 1.29 is 19.5 Å². The number of carbonyl (C=O) groups is 3. The van der Waals surface area contributed by atoms with Crippen molar-refractivity contribution in [3.63, 3.8) is 0 Å². The molecule has 0 aliphatic carbocycles.